The molecule has 6 nitrogen and oxygen atoms in total. The molecule has 1 heterocycles. The van der Waals surface area contributed by atoms with Crippen molar-refractivity contribution < 1.29 is 17.9 Å². The number of carbonyl (C=O) groups excluding carboxylic acids is 1. The molecule has 2 atom stereocenters. The second-order valence-corrected chi connectivity index (χ2v) is 9.83. The SMILES string of the molecule is Cc1ccc(S(=O)(=O)N2C[C@@H](C(=O)N[C@H](C)C(C)C)Oc3ccc(C)cc32)cc1. The highest BCUT2D eigenvalue weighted by Crippen LogP contribution is 2.37. The monoisotopic (exact) mass is 416 g/mol. The summed E-state index contributed by atoms with van der Waals surface area (Å²) < 4.78 is 34.0. The van der Waals surface area contributed by atoms with Gasteiger partial charge < -0.3 is 10.1 Å². The smallest absolute Gasteiger partial charge is 0.264 e. The lowest BCUT2D eigenvalue weighted by molar-refractivity contribution is -0.128. The van der Waals surface area contributed by atoms with Gasteiger partial charge in [0.25, 0.3) is 15.9 Å². The first-order valence-electron chi connectivity index (χ1n) is 9.76. The first-order chi connectivity index (χ1) is 13.6. The molecule has 156 valence electrons. The molecule has 1 amide bonds. The van der Waals surface area contributed by atoms with Crippen LogP contribution < -0.4 is 14.4 Å². The maximum atomic E-state index is 13.4. The molecular weight excluding hydrogens is 388 g/mol. The van der Waals surface area contributed by atoms with E-state index in [9.17, 15) is 13.2 Å². The van der Waals surface area contributed by atoms with E-state index < -0.39 is 16.1 Å². The number of hydrogen-bond donors (Lipinski definition) is 1. The van der Waals surface area contributed by atoms with Crippen molar-refractivity contribution in [2.45, 2.75) is 51.7 Å². The van der Waals surface area contributed by atoms with Crippen LogP contribution in [0.15, 0.2) is 47.4 Å². The molecule has 7 heteroatoms. The Hall–Kier alpha value is -2.54. The van der Waals surface area contributed by atoms with Crippen LogP contribution in [0.4, 0.5) is 5.69 Å². The van der Waals surface area contributed by atoms with Crippen LogP contribution >= 0.6 is 0 Å². The van der Waals surface area contributed by atoms with E-state index in [1.54, 1.807) is 36.4 Å². The summed E-state index contributed by atoms with van der Waals surface area (Å²) in [5.41, 5.74) is 2.33. The number of ether oxygens (including phenoxy) is 1. The highest BCUT2D eigenvalue weighted by Gasteiger charge is 2.38. The van der Waals surface area contributed by atoms with E-state index in [1.807, 2.05) is 40.7 Å². The number of amides is 1. The van der Waals surface area contributed by atoms with Crippen molar-refractivity contribution in [3.05, 3.63) is 53.6 Å². The topological polar surface area (TPSA) is 75.7 Å². The van der Waals surface area contributed by atoms with E-state index in [0.717, 1.165) is 11.1 Å². The summed E-state index contributed by atoms with van der Waals surface area (Å²) >= 11 is 0. The highest BCUT2D eigenvalue weighted by atomic mass is 32.2. The van der Waals surface area contributed by atoms with Gasteiger partial charge in [0.05, 0.1) is 17.1 Å². The second kappa shape index (κ2) is 8.06. The average Bonchev–Trinajstić information content (AvgIpc) is 2.67. The summed E-state index contributed by atoms with van der Waals surface area (Å²) in [7, 11) is -3.85. The van der Waals surface area contributed by atoms with Crippen LogP contribution in [0.5, 0.6) is 5.75 Å². The van der Waals surface area contributed by atoms with Gasteiger partial charge >= 0.3 is 0 Å². The van der Waals surface area contributed by atoms with Gasteiger partial charge in [0, 0.05) is 6.04 Å². The first kappa shape index (κ1) is 21.2. The molecule has 0 saturated heterocycles. The van der Waals surface area contributed by atoms with Crippen molar-refractivity contribution in [2.75, 3.05) is 10.8 Å². The number of benzene rings is 2. The summed E-state index contributed by atoms with van der Waals surface area (Å²) in [4.78, 5) is 13.0. The lowest BCUT2D eigenvalue weighted by Crippen LogP contribution is -2.52. The van der Waals surface area contributed by atoms with Gasteiger partial charge in [-0.2, -0.15) is 0 Å². The fourth-order valence-corrected chi connectivity index (χ4v) is 4.51. The van der Waals surface area contributed by atoms with Crippen LogP contribution in [-0.2, 0) is 14.8 Å². The number of nitrogens with zero attached hydrogens (tertiary/aromatic N) is 1. The lowest BCUT2D eigenvalue weighted by Gasteiger charge is -2.35. The Labute approximate surface area is 172 Å². The lowest BCUT2D eigenvalue weighted by atomic mass is 10.1. The molecule has 1 aliphatic rings. The minimum Gasteiger partial charge on any atom is -0.476 e. The van der Waals surface area contributed by atoms with Gasteiger partial charge in [-0.15, -0.1) is 0 Å². The number of hydrogen-bond acceptors (Lipinski definition) is 4. The normalized spacial score (nSPS) is 17.4. The summed E-state index contributed by atoms with van der Waals surface area (Å²) in [6, 6.07) is 12.0. The standard InChI is InChI=1S/C22H28N2O4S/c1-14(2)17(5)23-22(25)21-13-24(19-12-16(4)8-11-20(19)28-21)29(26,27)18-9-6-15(3)7-10-18/h6-12,14,17,21H,13H2,1-5H3,(H,23,25)/t17-,21+/m1/s1. The Bertz CT molecular complexity index is 1000. The van der Waals surface area contributed by atoms with Gasteiger partial charge in [-0.25, -0.2) is 8.42 Å². The second-order valence-electron chi connectivity index (χ2n) is 7.97. The highest BCUT2D eigenvalue weighted by molar-refractivity contribution is 7.92. The molecule has 2 aromatic carbocycles. The molecule has 0 fully saturated rings. The van der Waals surface area contributed by atoms with Crippen molar-refractivity contribution in [1.29, 1.82) is 0 Å². The Morgan fingerprint density at radius 3 is 2.31 bits per heavy atom. The first-order valence-corrected chi connectivity index (χ1v) is 11.2. The summed E-state index contributed by atoms with van der Waals surface area (Å²) in [5.74, 6) is 0.321. The molecule has 0 unspecified atom stereocenters. The predicted molar refractivity (Wildman–Crippen MR) is 114 cm³/mol. The third-order valence-corrected chi connectivity index (χ3v) is 7.05. The molecule has 0 bridgehead atoms. The van der Waals surface area contributed by atoms with Crippen molar-refractivity contribution in [3.8, 4) is 5.75 Å². The number of fused-ring (bicyclic) bond motifs is 1. The molecule has 1 aliphatic heterocycles. The Morgan fingerprint density at radius 2 is 1.69 bits per heavy atom. The van der Waals surface area contributed by atoms with Gasteiger partial charge in [0.15, 0.2) is 6.10 Å². The van der Waals surface area contributed by atoms with E-state index in [0.29, 0.717) is 11.4 Å². The van der Waals surface area contributed by atoms with E-state index in [1.165, 1.54) is 4.31 Å². The zero-order valence-electron chi connectivity index (χ0n) is 17.5. The molecule has 0 radical (unpaired) electrons. The van der Waals surface area contributed by atoms with Crippen molar-refractivity contribution in [2.24, 2.45) is 5.92 Å². The Morgan fingerprint density at radius 1 is 1.07 bits per heavy atom. The van der Waals surface area contributed by atoms with Crippen LogP contribution in [-0.4, -0.2) is 33.0 Å². The number of rotatable bonds is 5. The molecule has 2 aromatic rings. The van der Waals surface area contributed by atoms with E-state index in [4.69, 9.17) is 4.74 Å². The number of aryl methyl sites for hydroxylation is 2. The summed E-state index contributed by atoms with van der Waals surface area (Å²) in [6.07, 6.45) is -0.924. The van der Waals surface area contributed by atoms with Gasteiger partial charge in [0.1, 0.15) is 5.75 Å². The number of anilines is 1. The molecule has 0 aliphatic carbocycles. The van der Waals surface area contributed by atoms with E-state index in [-0.39, 0.29) is 29.3 Å². The molecular formula is C22H28N2O4S. The van der Waals surface area contributed by atoms with Crippen molar-refractivity contribution >= 4 is 21.6 Å². The number of nitrogens with one attached hydrogen (secondary N) is 1. The fourth-order valence-electron chi connectivity index (χ4n) is 3.05. The zero-order chi connectivity index (χ0) is 21.3. The fraction of sp³-hybridized carbons (Fsp3) is 0.409. The van der Waals surface area contributed by atoms with Crippen molar-refractivity contribution in [1.82, 2.24) is 5.32 Å². The van der Waals surface area contributed by atoms with Gasteiger partial charge in [-0.05, 0) is 56.5 Å². The quantitative estimate of drug-likeness (QED) is 0.810. The summed E-state index contributed by atoms with van der Waals surface area (Å²) in [5, 5.41) is 2.93. The van der Waals surface area contributed by atoms with E-state index in [2.05, 4.69) is 5.32 Å². The molecule has 1 N–H and O–H groups in total. The molecule has 0 spiro atoms. The minimum absolute atomic E-state index is 0.0485. The minimum atomic E-state index is -3.85. The third-order valence-electron chi connectivity index (χ3n) is 5.26. The van der Waals surface area contributed by atoms with Gasteiger partial charge in [-0.1, -0.05) is 37.6 Å². The zero-order valence-corrected chi connectivity index (χ0v) is 18.3. The van der Waals surface area contributed by atoms with Crippen molar-refractivity contribution in [3.63, 3.8) is 0 Å². The maximum absolute atomic E-state index is 13.4. The van der Waals surface area contributed by atoms with E-state index >= 15 is 0 Å². The van der Waals surface area contributed by atoms with Crippen LogP contribution in [0.1, 0.15) is 31.9 Å². The summed E-state index contributed by atoms with van der Waals surface area (Å²) in [6.45, 7) is 9.66. The number of carbonyl (C=O) groups is 1. The van der Waals surface area contributed by atoms with Crippen LogP contribution in [0.2, 0.25) is 0 Å². The predicted octanol–water partition coefficient (Wildman–Crippen LogP) is 3.42. The molecule has 29 heavy (non-hydrogen) atoms. The van der Waals surface area contributed by atoms with Gasteiger partial charge in [-0.3, -0.25) is 9.10 Å². The average molecular weight is 417 g/mol. The Balaban J connectivity index is 1.99. The molecule has 0 aromatic heterocycles. The molecule has 0 saturated carbocycles. The van der Waals surface area contributed by atoms with Crippen LogP contribution in [0.25, 0.3) is 0 Å². The Kier molecular flexibility index (Phi) is 5.89. The maximum Gasteiger partial charge on any atom is 0.264 e. The third kappa shape index (κ3) is 4.40. The number of sulfonamides is 1. The van der Waals surface area contributed by atoms with Crippen LogP contribution in [0, 0.1) is 19.8 Å². The largest absolute Gasteiger partial charge is 0.476 e. The van der Waals surface area contributed by atoms with Crippen LogP contribution in [0.3, 0.4) is 0 Å². The molecule has 3 rings (SSSR count). The van der Waals surface area contributed by atoms with Gasteiger partial charge in [0.2, 0.25) is 0 Å².